The van der Waals surface area contributed by atoms with Gasteiger partial charge in [0.15, 0.2) is 6.10 Å². The van der Waals surface area contributed by atoms with E-state index in [-0.39, 0.29) is 0 Å². The standard InChI is InChI=1S/C11H12FNO7S/c1-20-11(17)8(14)5-13-21(18,19)9-3-2-6(10(15)16)4-7(9)12/h2-4,8,13-14H,5H2,1H3,(H,15,16). The summed E-state index contributed by atoms with van der Waals surface area (Å²) in [5, 5.41) is 17.9. The summed E-state index contributed by atoms with van der Waals surface area (Å²) in [6, 6.07) is 2.23. The summed E-state index contributed by atoms with van der Waals surface area (Å²) in [6.45, 7) is -0.713. The van der Waals surface area contributed by atoms with E-state index in [1.165, 1.54) is 0 Å². The Morgan fingerprint density at radius 1 is 1.43 bits per heavy atom. The molecule has 0 heterocycles. The fourth-order valence-electron chi connectivity index (χ4n) is 1.34. The van der Waals surface area contributed by atoms with Crippen molar-refractivity contribution in [3.05, 3.63) is 29.6 Å². The van der Waals surface area contributed by atoms with Crippen LogP contribution in [0.1, 0.15) is 10.4 Å². The minimum Gasteiger partial charge on any atom is -0.478 e. The van der Waals surface area contributed by atoms with E-state index in [9.17, 15) is 27.5 Å². The van der Waals surface area contributed by atoms with Gasteiger partial charge in [-0.25, -0.2) is 27.1 Å². The number of esters is 1. The van der Waals surface area contributed by atoms with Gasteiger partial charge in [-0.3, -0.25) is 0 Å². The number of hydrogen-bond acceptors (Lipinski definition) is 6. The van der Waals surface area contributed by atoms with Crippen LogP contribution in [-0.2, 0) is 19.6 Å². The van der Waals surface area contributed by atoms with Crippen molar-refractivity contribution in [2.75, 3.05) is 13.7 Å². The summed E-state index contributed by atoms with van der Waals surface area (Å²) < 4.78 is 43.2. The minimum atomic E-state index is -4.36. The molecule has 0 aliphatic rings. The third kappa shape index (κ3) is 4.21. The van der Waals surface area contributed by atoms with Crippen LogP contribution in [0.3, 0.4) is 0 Å². The average Bonchev–Trinajstić information content (AvgIpc) is 2.43. The lowest BCUT2D eigenvalue weighted by atomic mass is 10.2. The number of ether oxygens (including phenoxy) is 1. The van der Waals surface area contributed by atoms with Gasteiger partial charge in [-0.2, -0.15) is 0 Å². The van der Waals surface area contributed by atoms with E-state index in [0.29, 0.717) is 6.07 Å². The molecule has 1 aromatic carbocycles. The quantitative estimate of drug-likeness (QED) is 0.593. The maximum atomic E-state index is 13.6. The number of carboxylic acids is 1. The predicted octanol–water partition coefficient (Wildman–Crippen LogP) is -0.664. The molecule has 0 fully saturated rings. The molecule has 1 unspecified atom stereocenters. The van der Waals surface area contributed by atoms with Crippen LogP contribution in [-0.4, -0.2) is 50.3 Å². The highest BCUT2D eigenvalue weighted by Crippen LogP contribution is 2.16. The van der Waals surface area contributed by atoms with E-state index < -0.39 is 50.9 Å². The molecule has 0 bridgehead atoms. The Hall–Kier alpha value is -2.04. The average molecular weight is 321 g/mol. The van der Waals surface area contributed by atoms with Crippen molar-refractivity contribution in [2.45, 2.75) is 11.0 Å². The molecule has 0 saturated carbocycles. The Labute approximate surface area is 119 Å². The molecule has 10 heteroatoms. The van der Waals surface area contributed by atoms with Gasteiger partial charge in [0.2, 0.25) is 10.0 Å². The van der Waals surface area contributed by atoms with Crippen molar-refractivity contribution in [1.29, 1.82) is 0 Å². The fraction of sp³-hybridized carbons (Fsp3) is 0.273. The van der Waals surface area contributed by atoms with Crippen molar-refractivity contribution < 1.29 is 37.3 Å². The molecule has 21 heavy (non-hydrogen) atoms. The normalized spacial score (nSPS) is 12.7. The second kappa shape index (κ2) is 6.61. The molecule has 1 rings (SSSR count). The molecule has 8 nitrogen and oxygen atoms in total. The van der Waals surface area contributed by atoms with Gasteiger partial charge in [0.25, 0.3) is 0 Å². The highest BCUT2D eigenvalue weighted by atomic mass is 32.2. The third-order valence-electron chi connectivity index (χ3n) is 2.41. The predicted molar refractivity (Wildman–Crippen MR) is 66.6 cm³/mol. The first-order valence-electron chi connectivity index (χ1n) is 5.47. The van der Waals surface area contributed by atoms with Crippen LogP contribution < -0.4 is 4.72 Å². The van der Waals surface area contributed by atoms with Gasteiger partial charge >= 0.3 is 11.9 Å². The van der Waals surface area contributed by atoms with Crippen LogP contribution in [0.4, 0.5) is 4.39 Å². The van der Waals surface area contributed by atoms with E-state index >= 15 is 0 Å². The minimum absolute atomic E-state index is 0.416. The van der Waals surface area contributed by atoms with Crippen LogP contribution in [0.25, 0.3) is 0 Å². The summed E-state index contributed by atoms with van der Waals surface area (Å²) in [6.07, 6.45) is -1.74. The number of halogens is 1. The number of hydrogen-bond donors (Lipinski definition) is 3. The second-order valence-corrected chi connectivity index (χ2v) is 5.58. The van der Waals surface area contributed by atoms with E-state index in [0.717, 1.165) is 19.2 Å². The van der Waals surface area contributed by atoms with Crippen LogP contribution >= 0.6 is 0 Å². The summed E-state index contributed by atoms with van der Waals surface area (Å²) >= 11 is 0. The van der Waals surface area contributed by atoms with Crippen LogP contribution in [0.15, 0.2) is 23.1 Å². The zero-order valence-electron chi connectivity index (χ0n) is 10.7. The molecule has 0 spiro atoms. The second-order valence-electron chi connectivity index (χ2n) is 3.84. The number of rotatable bonds is 6. The van der Waals surface area contributed by atoms with Crippen molar-refractivity contribution in [3.8, 4) is 0 Å². The molecule has 1 atom stereocenters. The van der Waals surface area contributed by atoms with E-state index in [4.69, 9.17) is 5.11 Å². The monoisotopic (exact) mass is 321 g/mol. The first kappa shape index (κ1) is 17.0. The van der Waals surface area contributed by atoms with Crippen LogP contribution in [0, 0.1) is 5.82 Å². The van der Waals surface area contributed by atoms with Crippen LogP contribution in [0.5, 0.6) is 0 Å². The van der Waals surface area contributed by atoms with Gasteiger partial charge < -0.3 is 14.9 Å². The van der Waals surface area contributed by atoms with Crippen molar-refractivity contribution in [2.24, 2.45) is 0 Å². The van der Waals surface area contributed by atoms with Crippen molar-refractivity contribution in [1.82, 2.24) is 4.72 Å². The maximum absolute atomic E-state index is 13.6. The lowest BCUT2D eigenvalue weighted by Gasteiger charge is -2.11. The lowest BCUT2D eigenvalue weighted by molar-refractivity contribution is -0.149. The Balaban J connectivity index is 2.93. The van der Waals surface area contributed by atoms with Gasteiger partial charge in [-0.05, 0) is 18.2 Å². The number of carbonyl (C=O) groups excluding carboxylic acids is 1. The number of aliphatic hydroxyl groups is 1. The largest absolute Gasteiger partial charge is 0.478 e. The first-order valence-corrected chi connectivity index (χ1v) is 6.95. The number of sulfonamides is 1. The topological polar surface area (TPSA) is 130 Å². The molecule has 1 aromatic rings. The third-order valence-corrected chi connectivity index (χ3v) is 3.87. The number of aromatic carboxylic acids is 1. The lowest BCUT2D eigenvalue weighted by Crippen LogP contribution is -2.37. The number of aliphatic hydroxyl groups excluding tert-OH is 1. The smallest absolute Gasteiger partial charge is 0.336 e. The van der Waals surface area contributed by atoms with Gasteiger partial charge in [-0.1, -0.05) is 0 Å². The highest BCUT2D eigenvalue weighted by molar-refractivity contribution is 7.89. The Kier molecular flexibility index (Phi) is 5.35. The van der Waals surface area contributed by atoms with E-state index in [1.54, 1.807) is 0 Å². The molecule has 0 saturated heterocycles. The molecule has 0 amide bonds. The van der Waals surface area contributed by atoms with Gasteiger partial charge in [0, 0.05) is 6.54 Å². The summed E-state index contributed by atoms with van der Waals surface area (Å²) in [5.74, 6) is -3.73. The number of methoxy groups -OCH3 is 1. The Bertz CT molecular complexity index is 659. The summed E-state index contributed by atoms with van der Waals surface area (Å²) in [4.78, 5) is 20.7. The van der Waals surface area contributed by atoms with E-state index in [2.05, 4.69) is 4.74 Å². The highest BCUT2D eigenvalue weighted by Gasteiger charge is 2.23. The number of benzene rings is 1. The summed E-state index contributed by atoms with van der Waals surface area (Å²) in [5.41, 5.74) is -0.416. The van der Waals surface area contributed by atoms with Gasteiger partial charge in [0.05, 0.1) is 12.7 Å². The molecule has 0 aromatic heterocycles. The maximum Gasteiger partial charge on any atom is 0.336 e. The van der Waals surface area contributed by atoms with Gasteiger partial charge in [-0.15, -0.1) is 0 Å². The Morgan fingerprint density at radius 3 is 2.52 bits per heavy atom. The zero-order valence-corrected chi connectivity index (χ0v) is 11.6. The number of carboxylic acid groups (broad SMARTS) is 1. The molecular formula is C11H12FNO7S. The molecule has 0 aliphatic heterocycles. The zero-order chi connectivity index (χ0) is 16.2. The molecule has 0 radical (unpaired) electrons. The van der Waals surface area contributed by atoms with Crippen molar-refractivity contribution >= 4 is 22.0 Å². The molecular weight excluding hydrogens is 309 g/mol. The van der Waals surface area contributed by atoms with Gasteiger partial charge in [0.1, 0.15) is 10.7 Å². The molecule has 116 valence electrons. The number of carbonyl (C=O) groups is 2. The van der Waals surface area contributed by atoms with Crippen LogP contribution in [0.2, 0.25) is 0 Å². The summed E-state index contributed by atoms with van der Waals surface area (Å²) in [7, 11) is -3.35. The van der Waals surface area contributed by atoms with Crippen molar-refractivity contribution in [3.63, 3.8) is 0 Å². The molecule has 0 aliphatic carbocycles. The molecule has 3 N–H and O–H groups in total. The first-order chi connectivity index (χ1) is 9.69. The number of nitrogens with one attached hydrogen (secondary N) is 1. The van der Waals surface area contributed by atoms with E-state index in [1.807, 2.05) is 4.72 Å². The SMILES string of the molecule is COC(=O)C(O)CNS(=O)(=O)c1ccc(C(=O)O)cc1F. The Morgan fingerprint density at radius 2 is 2.05 bits per heavy atom. The fourth-order valence-corrected chi connectivity index (χ4v) is 2.43.